The Morgan fingerprint density at radius 3 is 1.23 bits per heavy atom. The maximum Gasteiger partial charge on any atom is 0.389 e. The van der Waals surface area contributed by atoms with E-state index >= 15 is 0 Å². The number of alkyl halides is 8. The number of hydrogen-bond donors (Lipinski definition) is 2. The van der Waals surface area contributed by atoms with Gasteiger partial charge in [0.1, 0.15) is 24.0 Å². The summed E-state index contributed by atoms with van der Waals surface area (Å²) in [5.41, 5.74) is 4.31. The molecule has 2 aromatic carbocycles. The molecule has 2 amide bonds. The van der Waals surface area contributed by atoms with Crippen molar-refractivity contribution in [1.29, 1.82) is 0 Å². The van der Waals surface area contributed by atoms with Crippen LogP contribution < -0.4 is 0 Å². The number of carbonyl (C=O) groups is 2. The Labute approximate surface area is 319 Å². The van der Waals surface area contributed by atoms with Gasteiger partial charge in [-0.15, -0.1) is 0 Å². The number of piperidine rings is 2. The summed E-state index contributed by atoms with van der Waals surface area (Å²) in [4.78, 5) is 43.8. The number of H-pyrrole nitrogens is 2. The number of imidazole rings is 2. The number of carbonyl (C=O) groups excluding carboxylic acids is 2. The normalized spacial score (nSPS) is 17.3. The number of benzene rings is 2. The lowest BCUT2D eigenvalue weighted by atomic mass is 9.96. The number of aromatic amines is 2. The third-order valence-electron chi connectivity index (χ3n) is 10.6. The zero-order chi connectivity index (χ0) is 40.0. The first kappa shape index (κ1) is 40.9. The van der Waals surface area contributed by atoms with Gasteiger partial charge in [-0.1, -0.05) is 48.5 Å². The van der Waals surface area contributed by atoms with Crippen molar-refractivity contribution < 1.29 is 44.7 Å². The van der Waals surface area contributed by atoms with Crippen molar-refractivity contribution >= 4 is 11.8 Å². The molecule has 2 N–H and O–H groups in total. The second kappa shape index (κ2) is 17.6. The van der Waals surface area contributed by atoms with Crippen LogP contribution in [0.15, 0.2) is 60.9 Å². The molecule has 2 saturated heterocycles. The van der Waals surface area contributed by atoms with Gasteiger partial charge in [0.25, 0.3) is 0 Å². The number of hydrogen-bond acceptors (Lipinski definition) is 4. The molecule has 6 rings (SSSR count). The Balaban J connectivity index is 1.11. The van der Waals surface area contributed by atoms with Gasteiger partial charge in [0, 0.05) is 63.7 Å². The minimum Gasteiger partial charge on any atom is -0.342 e. The summed E-state index contributed by atoms with van der Waals surface area (Å²) in [7, 11) is 0. The molecule has 4 heterocycles. The monoisotopic (exact) mass is 792 g/mol. The van der Waals surface area contributed by atoms with E-state index in [4.69, 9.17) is 0 Å². The predicted molar refractivity (Wildman–Crippen MR) is 194 cm³/mol. The van der Waals surface area contributed by atoms with E-state index in [2.05, 4.69) is 19.9 Å². The van der Waals surface area contributed by atoms with Crippen LogP contribution in [0.1, 0.15) is 87.7 Å². The molecule has 2 atom stereocenters. The molecule has 56 heavy (non-hydrogen) atoms. The molecular weight excluding hydrogens is 748 g/mol. The van der Waals surface area contributed by atoms with E-state index in [0.29, 0.717) is 11.4 Å². The number of likely N-dealkylation sites (tertiary alicyclic amines) is 2. The highest BCUT2D eigenvalue weighted by Gasteiger charge is 2.34. The molecule has 2 fully saturated rings. The molecule has 2 aliphatic rings. The second-order valence-electron chi connectivity index (χ2n) is 14.7. The molecule has 16 heteroatoms. The maximum atomic E-state index is 13.6. The van der Waals surface area contributed by atoms with Crippen LogP contribution in [-0.4, -0.2) is 92.4 Å². The summed E-state index contributed by atoms with van der Waals surface area (Å²) in [6.45, 7) is 0.932. The van der Waals surface area contributed by atoms with Gasteiger partial charge in [-0.3, -0.25) is 9.59 Å². The van der Waals surface area contributed by atoms with E-state index in [1.54, 1.807) is 0 Å². The van der Waals surface area contributed by atoms with Crippen LogP contribution >= 0.6 is 0 Å². The summed E-state index contributed by atoms with van der Waals surface area (Å²) >= 11 is 0. The average Bonchev–Trinajstić information content (AvgIpc) is 3.86. The fourth-order valence-electron chi connectivity index (χ4n) is 7.29. The fraction of sp³-hybridized carbons (Fsp3) is 0.500. The Morgan fingerprint density at radius 2 is 0.911 bits per heavy atom. The Kier molecular flexibility index (Phi) is 12.8. The fourth-order valence-corrected chi connectivity index (χ4v) is 7.29. The van der Waals surface area contributed by atoms with E-state index in [9.17, 15) is 44.7 Å². The van der Waals surface area contributed by atoms with E-state index in [1.165, 1.54) is 22.2 Å². The molecular formula is C40H44F8N6O2. The molecule has 2 aliphatic heterocycles. The zero-order valence-corrected chi connectivity index (χ0v) is 30.6. The number of aromatic nitrogens is 4. The third-order valence-corrected chi connectivity index (χ3v) is 10.6. The average molecular weight is 793 g/mol. The van der Waals surface area contributed by atoms with Crippen molar-refractivity contribution in [2.75, 3.05) is 26.2 Å². The summed E-state index contributed by atoms with van der Waals surface area (Å²) in [6.07, 6.45) is -10.0. The SMILES string of the molecule is O=C(CC(CCC(F)(F)F)c1ncc(-c2ccc(-c3ccc(-c4cnc(C(CCC(F)(F)F)CC(=O)N5CCC(F)CC5)[nH]4)cc3)cc2)[nH]1)N1CCC(F)CC1. The van der Waals surface area contributed by atoms with Gasteiger partial charge < -0.3 is 19.8 Å². The molecule has 302 valence electrons. The van der Waals surface area contributed by atoms with Gasteiger partial charge in [0.2, 0.25) is 11.8 Å². The van der Waals surface area contributed by atoms with Gasteiger partial charge in [0.05, 0.1) is 23.8 Å². The summed E-state index contributed by atoms with van der Waals surface area (Å²) < 4.78 is 106. The Bertz CT molecular complexity index is 1750. The van der Waals surface area contributed by atoms with Crippen LogP contribution in [0.25, 0.3) is 33.6 Å². The first-order valence-corrected chi connectivity index (χ1v) is 18.9. The van der Waals surface area contributed by atoms with Gasteiger partial charge in [-0.25, -0.2) is 18.7 Å². The van der Waals surface area contributed by atoms with Crippen molar-refractivity contribution in [3.63, 3.8) is 0 Å². The molecule has 4 aromatic rings. The van der Waals surface area contributed by atoms with Crippen LogP contribution in [0.3, 0.4) is 0 Å². The lowest BCUT2D eigenvalue weighted by molar-refractivity contribution is -0.140. The van der Waals surface area contributed by atoms with Crippen LogP contribution in [0, 0.1) is 0 Å². The smallest absolute Gasteiger partial charge is 0.342 e. The van der Waals surface area contributed by atoms with Crippen molar-refractivity contribution in [2.45, 2.75) is 101 Å². The number of halogens is 8. The molecule has 2 aromatic heterocycles. The lowest BCUT2D eigenvalue weighted by Gasteiger charge is -2.30. The quantitative estimate of drug-likeness (QED) is 0.132. The van der Waals surface area contributed by atoms with E-state index in [1.807, 2.05) is 48.5 Å². The largest absolute Gasteiger partial charge is 0.389 e. The molecule has 0 saturated carbocycles. The van der Waals surface area contributed by atoms with Gasteiger partial charge in [0.15, 0.2) is 0 Å². The second-order valence-corrected chi connectivity index (χ2v) is 14.7. The van der Waals surface area contributed by atoms with Crippen LogP contribution in [-0.2, 0) is 9.59 Å². The number of nitrogens with zero attached hydrogens (tertiary/aromatic N) is 4. The third kappa shape index (κ3) is 11.2. The van der Waals surface area contributed by atoms with Gasteiger partial charge >= 0.3 is 12.4 Å². The minimum absolute atomic E-state index is 0.172. The van der Waals surface area contributed by atoms with Crippen LogP contribution in [0.4, 0.5) is 35.1 Å². The van der Waals surface area contributed by atoms with E-state index < -0.39 is 49.4 Å². The number of amides is 2. The van der Waals surface area contributed by atoms with Crippen molar-refractivity contribution in [2.24, 2.45) is 0 Å². The van der Waals surface area contributed by atoms with Crippen LogP contribution in [0.2, 0.25) is 0 Å². The van der Waals surface area contributed by atoms with Crippen molar-refractivity contribution in [3.05, 3.63) is 72.6 Å². The molecule has 0 radical (unpaired) electrons. The molecule has 2 unspecified atom stereocenters. The highest BCUT2D eigenvalue weighted by atomic mass is 19.4. The molecule has 0 aliphatic carbocycles. The first-order valence-electron chi connectivity index (χ1n) is 18.9. The molecule has 8 nitrogen and oxygen atoms in total. The summed E-state index contributed by atoms with van der Waals surface area (Å²) in [5, 5.41) is 0. The highest BCUT2D eigenvalue weighted by molar-refractivity contribution is 5.78. The maximum absolute atomic E-state index is 13.6. The minimum atomic E-state index is -4.40. The predicted octanol–water partition coefficient (Wildman–Crippen LogP) is 9.69. The zero-order valence-electron chi connectivity index (χ0n) is 30.6. The van der Waals surface area contributed by atoms with Crippen LogP contribution in [0.5, 0.6) is 0 Å². The van der Waals surface area contributed by atoms with Crippen molar-refractivity contribution in [3.8, 4) is 33.6 Å². The van der Waals surface area contributed by atoms with Crippen molar-refractivity contribution in [1.82, 2.24) is 29.7 Å². The standard InChI is InChI=1S/C40H44F8N6O2/c41-31-11-17-53(18-12-31)35(55)21-29(9-15-39(43,44)45)37-49-23-33(51-37)27-5-1-25(2-6-27)26-3-7-28(8-4-26)34-24-50-38(52-34)30(10-16-40(46,47)48)22-36(56)54-19-13-32(42)14-20-54/h1-8,23-24,29-32H,9-22H2,(H,49,51)(H,50,52). The summed E-state index contributed by atoms with van der Waals surface area (Å²) in [6, 6.07) is 14.8. The van der Waals surface area contributed by atoms with Gasteiger partial charge in [-0.05, 0) is 60.8 Å². The highest BCUT2D eigenvalue weighted by Crippen LogP contribution is 2.35. The molecule has 0 bridgehead atoms. The Morgan fingerprint density at radius 1 is 0.589 bits per heavy atom. The first-order chi connectivity index (χ1) is 26.6. The Hall–Kier alpha value is -4.76. The molecule has 0 spiro atoms. The number of nitrogens with one attached hydrogen (secondary N) is 2. The lowest BCUT2D eigenvalue weighted by Crippen LogP contribution is -2.39. The van der Waals surface area contributed by atoms with E-state index in [-0.39, 0.29) is 101 Å². The number of rotatable bonds is 13. The van der Waals surface area contributed by atoms with Gasteiger partial charge in [-0.2, -0.15) is 26.3 Å². The summed E-state index contributed by atoms with van der Waals surface area (Å²) in [5.74, 6) is -1.70. The topological polar surface area (TPSA) is 98.0 Å². The van der Waals surface area contributed by atoms with E-state index in [0.717, 1.165) is 22.3 Å².